The summed E-state index contributed by atoms with van der Waals surface area (Å²) in [5.74, 6) is -0.289. The fourth-order valence-electron chi connectivity index (χ4n) is 1.74. The summed E-state index contributed by atoms with van der Waals surface area (Å²) in [5.41, 5.74) is 8.07. The number of nitrogens with zero attached hydrogens (tertiary/aromatic N) is 2. The summed E-state index contributed by atoms with van der Waals surface area (Å²) in [4.78, 5) is 0. The van der Waals surface area contributed by atoms with E-state index in [2.05, 4.69) is 28.0 Å². The second-order valence-corrected chi connectivity index (χ2v) is 5.03. The van der Waals surface area contributed by atoms with Crippen molar-refractivity contribution < 1.29 is 4.39 Å². The summed E-state index contributed by atoms with van der Waals surface area (Å²) in [6, 6.07) is 4.78. The Morgan fingerprint density at radius 2 is 2.22 bits per heavy atom. The van der Waals surface area contributed by atoms with Gasteiger partial charge in [-0.3, -0.25) is 4.68 Å². The minimum Gasteiger partial charge on any atom is -0.396 e. The van der Waals surface area contributed by atoms with Crippen molar-refractivity contribution in [1.82, 2.24) is 9.78 Å². The molecule has 0 amide bonds. The Bertz CT molecular complexity index is 551. The van der Waals surface area contributed by atoms with Crippen LogP contribution in [0, 0.1) is 5.82 Å². The van der Waals surface area contributed by atoms with Crippen LogP contribution in [0.3, 0.4) is 0 Å². The van der Waals surface area contributed by atoms with Gasteiger partial charge in [0.15, 0.2) is 0 Å². The van der Waals surface area contributed by atoms with Gasteiger partial charge in [0.25, 0.3) is 0 Å². The normalized spacial score (nSPS) is 10.8. The number of hydrogen-bond acceptors (Lipinski definition) is 2. The lowest BCUT2D eigenvalue weighted by Gasteiger charge is -2.01. The summed E-state index contributed by atoms with van der Waals surface area (Å²) in [7, 11) is 0. The molecule has 0 atom stereocenters. The van der Waals surface area contributed by atoms with Crippen LogP contribution in [0.2, 0.25) is 0 Å². The molecule has 1 heterocycles. The highest BCUT2D eigenvalue weighted by Gasteiger charge is 2.10. The van der Waals surface area contributed by atoms with E-state index < -0.39 is 0 Å². The second kappa shape index (κ2) is 5.52. The molecule has 0 unspecified atom stereocenters. The predicted octanol–water partition coefficient (Wildman–Crippen LogP) is 3.83. The van der Waals surface area contributed by atoms with Gasteiger partial charge in [0.05, 0.1) is 10.2 Å². The zero-order chi connectivity index (χ0) is 13.1. The molecule has 0 saturated heterocycles. The van der Waals surface area contributed by atoms with Gasteiger partial charge in [-0.2, -0.15) is 5.10 Å². The first kappa shape index (κ1) is 13.1. The maximum absolute atomic E-state index is 13.2. The number of hydrogen-bond donors (Lipinski definition) is 1. The molecule has 1 aromatic carbocycles. The highest BCUT2D eigenvalue weighted by Crippen LogP contribution is 2.28. The number of nitrogens with two attached hydrogens (primary N) is 1. The summed E-state index contributed by atoms with van der Waals surface area (Å²) in [6.07, 6.45) is 3.99. The molecule has 0 fully saturated rings. The Morgan fingerprint density at radius 1 is 1.44 bits per heavy atom. The molecule has 3 nitrogen and oxygen atoms in total. The van der Waals surface area contributed by atoms with Crippen LogP contribution in [-0.4, -0.2) is 9.78 Å². The van der Waals surface area contributed by atoms with Gasteiger partial charge in [-0.25, -0.2) is 4.39 Å². The zero-order valence-corrected chi connectivity index (χ0v) is 11.7. The fourth-order valence-corrected chi connectivity index (χ4v) is 2.12. The van der Waals surface area contributed by atoms with Crippen molar-refractivity contribution in [3.8, 4) is 11.3 Å². The van der Waals surface area contributed by atoms with Crippen LogP contribution in [0.5, 0.6) is 0 Å². The standard InChI is InChI=1S/C13H15BrFN3/c1-2-3-6-18-8-12(16)13(17-18)9-4-5-11(15)10(14)7-9/h4-5,7-8H,2-3,6,16H2,1H3. The van der Waals surface area contributed by atoms with Crippen molar-refractivity contribution in [3.05, 3.63) is 34.7 Å². The van der Waals surface area contributed by atoms with Crippen molar-refractivity contribution in [2.24, 2.45) is 0 Å². The van der Waals surface area contributed by atoms with Crippen LogP contribution in [0.4, 0.5) is 10.1 Å². The summed E-state index contributed by atoms with van der Waals surface area (Å²) in [6.45, 7) is 2.98. The van der Waals surface area contributed by atoms with E-state index in [0.29, 0.717) is 15.9 Å². The lowest BCUT2D eigenvalue weighted by Crippen LogP contribution is -1.98. The Morgan fingerprint density at radius 3 is 2.89 bits per heavy atom. The first-order valence-electron chi connectivity index (χ1n) is 5.90. The van der Waals surface area contributed by atoms with Gasteiger partial charge in [-0.1, -0.05) is 13.3 Å². The Balaban J connectivity index is 2.32. The molecule has 0 radical (unpaired) electrons. The lowest BCUT2D eigenvalue weighted by atomic mass is 10.1. The van der Waals surface area contributed by atoms with Crippen molar-refractivity contribution in [1.29, 1.82) is 0 Å². The molecule has 2 rings (SSSR count). The van der Waals surface area contributed by atoms with Crippen molar-refractivity contribution in [3.63, 3.8) is 0 Å². The third-order valence-electron chi connectivity index (χ3n) is 2.72. The van der Waals surface area contributed by atoms with E-state index >= 15 is 0 Å². The first-order chi connectivity index (χ1) is 8.61. The van der Waals surface area contributed by atoms with Crippen molar-refractivity contribution >= 4 is 21.6 Å². The monoisotopic (exact) mass is 311 g/mol. The molecular formula is C13H15BrFN3. The Hall–Kier alpha value is -1.36. The van der Waals surface area contributed by atoms with Crippen LogP contribution in [-0.2, 0) is 6.54 Å². The SMILES string of the molecule is CCCCn1cc(N)c(-c2ccc(F)c(Br)c2)n1. The second-order valence-electron chi connectivity index (χ2n) is 4.18. The molecule has 0 aliphatic carbocycles. The van der Waals surface area contributed by atoms with Gasteiger partial charge in [0, 0.05) is 18.3 Å². The number of aromatic nitrogens is 2. The molecule has 0 saturated carbocycles. The van der Waals surface area contributed by atoms with E-state index in [4.69, 9.17) is 5.73 Å². The molecule has 0 aliphatic rings. The zero-order valence-electron chi connectivity index (χ0n) is 10.2. The maximum Gasteiger partial charge on any atom is 0.137 e. The number of aryl methyl sites for hydroxylation is 1. The van der Waals surface area contributed by atoms with Crippen molar-refractivity contribution in [2.75, 3.05) is 5.73 Å². The van der Waals surface area contributed by atoms with E-state index in [0.717, 1.165) is 24.9 Å². The average molecular weight is 312 g/mol. The molecule has 2 aromatic rings. The van der Waals surface area contributed by atoms with Gasteiger partial charge in [0.2, 0.25) is 0 Å². The van der Waals surface area contributed by atoms with Gasteiger partial charge in [0.1, 0.15) is 11.5 Å². The van der Waals surface area contributed by atoms with Gasteiger partial charge < -0.3 is 5.73 Å². The van der Waals surface area contributed by atoms with Gasteiger partial charge in [-0.05, 0) is 40.5 Å². The lowest BCUT2D eigenvalue weighted by molar-refractivity contribution is 0.573. The molecular weight excluding hydrogens is 297 g/mol. The van der Waals surface area contributed by atoms with E-state index in [1.807, 2.05) is 10.9 Å². The highest BCUT2D eigenvalue weighted by atomic mass is 79.9. The maximum atomic E-state index is 13.2. The highest BCUT2D eigenvalue weighted by molar-refractivity contribution is 9.10. The predicted molar refractivity (Wildman–Crippen MR) is 74.6 cm³/mol. The number of benzene rings is 1. The largest absolute Gasteiger partial charge is 0.396 e. The molecule has 5 heteroatoms. The quantitative estimate of drug-likeness (QED) is 0.932. The van der Waals surface area contributed by atoms with E-state index in [1.54, 1.807) is 12.1 Å². The number of unbranched alkanes of at least 4 members (excludes halogenated alkanes) is 1. The summed E-state index contributed by atoms with van der Waals surface area (Å²) < 4.78 is 15.4. The summed E-state index contributed by atoms with van der Waals surface area (Å²) in [5, 5.41) is 4.44. The Labute approximate surface area is 114 Å². The van der Waals surface area contributed by atoms with E-state index in [9.17, 15) is 4.39 Å². The van der Waals surface area contributed by atoms with Crippen LogP contribution in [0.1, 0.15) is 19.8 Å². The number of anilines is 1. The molecule has 18 heavy (non-hydrogen) atoms. The smallest absolute Gasteiger partial charge is 0.137 e. The topological polar surface area (TPSA) is 43.8 Å². The van der Waals surface area contributed by atoms with E-state index in [-0.39, 0.29) is 5.82 Å². The van der Waals surface area contributed by atoms with Gasteiger partial charge >= 0.3 is 0 Å². The first-order valence-corrected chi connectivity index (χ1v) is 6.69. The number of nitrogen functional groups attached to an aromatic ring is 1. The molecule has 2 N–H and O–H groups in total. The number of rotatable bonds is 4. The van der Waals surface area contributed by atoms with Gasteiger partial charge in [-0.15, -0.1) is 0 Å². The third kappa shape index (κ3) is 2.72. The molecule has 1 aromatic heterocycles. The number of halogens is 2. The minimum atomic E-state index is -0.289. The van der Waals surface area contributed by atoms with Crippen LogP contribution < -0.4 is 5.73 Å². The molecule has 0 bridgehead atoms. The van der Waals surface area contributed by atoms with Crippen LogP contribution in [0.25, 0.3) is 11.3 Å². The molecule has 0 spiro atoms. The summed E-state index contributed by atoms with van der Waals surface area (Å²) >= 11 is 3.17. The third-order valence-corrected chi connectivity index (χ3v) is 3.33. The minimum absolute atomic E-state index is 0.289. The average Bonchev–Trinajstić information content (AvgIpc) is 2.71. The Kier molecular flexibility index (Phi) is 4.01. The van der Waals surface area contributed by atoms with Crippen LogP contribution >= 0.6 is 15.9 Å². The van der Waals surface area contributed by atoms with E-state index in [1.165, 1.54) is 6.07 Å². The molecule has 0 aliphatic heterocycles. The van der Waals surface area contributed by atoms with Crippen molar-refractivity contribution in [2.45, 2.75) is 26.3 Å². The fraction of sp³-hybridized carbons (Fsp3) is 0.308. The molecule has 96 valence electrons. The van der Waals surface area contributed by atoms with Crippen LogP contribution in [0.15, 0.2) is 28.9 Å².